The summed E-state index contributed by atoms with van der Waals surface area (Å²) in [4.78, 5) is 17.7. The third-order valence-electron chi connectivity index (χ3n) is 8.26. The van der Waals surface area contributed by atoms with Gasteiger partial charge >= 0.3 is 0 Å². The summed E-state index contributed by atoms with van der Waals surface area (Å²) in [6.07, 6.45) is 8.07. The standard InChI is InChI=1S/C31H39N3O4/c1-24-28(21-32-38-24)30(35)34-17-15-31(16-18-34)14-6-5-8-26-7-3-4-9-29(26)37-20-19-33(23-31)22-25-10-12-27(36-2)13-11-25/h3-4,7,9-13,21H,5-6,8,14-20,22-23H2,1-2H3. The molecule has 0 unspecified atom stereocenters. The lowest BCUT2D eigenvalue weighted by atomic mass is 9.73. The molecule has 7 nitrogen and oxygen atoms in total. The average Bonchev–Trinajstić information content (AvgIpc) is 3.37. The zero-order valence-electron chi connectivity index (χ0n) is 22.7. The Bertz CT molecular complexity index is 1200. The van der Waals surface area contributed by atoms with Gasteiger partial charge in [-0.05, 0) is 73.8 Å². The first-order valence-corrected chi connectivity index (χ1v) is 13.8. The summed E-state index contributed by atoms with van der Waals surface area (Å²) in [5.74, 6) is 2.51. The molecule has 1 fully saturated rings. The largest absolute Gasteiger partial charge is 0.497 e. The van der Waals surface area contributed by atoms with Crippen molar-refractivity contribution in [2.75, 3.05) is 39.9 Å². The Hall–Kier alpha value is -3.32. The summed E-state index contributed by atoms with van der Waals surface area (Å²) in [6.45, 7) is 6.69. The van der Waals surface area contributed by atoms with Crippen LogP contribution in [0.25, 0.3) is 0 Å². The van der Waals surface area contributed by atoms with Crippen LogP contribution >= 0.6 is 0 Å². The van der Waals surface area contributed by atoms with Gasteiger partial charge in [-0.3, -0.25) is 9.69 Å². The van der Waals surface area contributed by atoms with E-state index in [0.29, 0.717) is 17.9 Å². The van der Waals surface area contributed by atoms with E-state index in [1.807, 2.05) is 17.0 Å². The first-order chi connectivity index (χ1) is 18.5. The summed E-state index contributed by atoms with van der Waals surface area (Å²) < 4.78 is 16.8. The molecular formula is C31H39N3O4. The van der Waals surface area contributed by atoms with Crippen molar-refractivity contribution in [2.45, 2.75) is 52.0 Å². The Kier molecular flexibility index (Phi) is 8.32. The Morgan fingerprint density at radius 3 is 2.55 bits per heavy atom. The fourth-order valence-corrected chi connectivity index (χ4v) is 5.97. The quantitative estimate of drug-likeness (QED) is 0.454. The molecule has 0 N–H and O–H groups in total. The molecule has 0 saturated carbocycles. The van der Waals surface area contributed by atoms with E-state index >= 15 is 0 Å². The molecule has 3 heterocycles. The first kappa shape index (κ1) is 26.3. The third-order valence-corrected chi connectivity index (χ3v) is 8.26. The Morgan fingerprint density at radius 2 is 1.82 bits per heavy atom. The SMILES string of the molecule is COc1ccc(CN2CCOc3ccccc3CCCCC3(CCN(C(=O)c4cnoc4C)CC3)C2)cc1. The highest BCUT2D eigenvalue weighted by Crippen LogP contribution is 2.39. The van der Waals surface area contributed by atoms with Crippen molar-refractivity contribution >= 4 is 5.91 Å². The van der Waals surface area contributed by atoms with Crippen LogP contribution in [0, 0.1) is 12.3 Å². The van der Waals surface area contributed by atoms with E-state index in [1.165, 1.54) is 24.0 Å². The number of amides is 1. The van der Waals surface area contributed by atoms with Gasteiger partial charge < -0.3 is 18.9 Å². The molecule has 1 spiro atoms. The number of fused-ring (bicyclic) bond motifs is 1. The van der Waals surface area contributed by atoms with Gasteiger partial charge in [0.05, 0.1) is 13.3 Å². The number of carbonyl (C=O) groups is 1. The minimum Gasteiger partial charge on any atom is -0.497 e. The van der Waals surface area contributed by atoms with Crippen LogP contribution in [-0.4, -0.2) is 60.8 Å². The number of likely N-dealkylation sites (tertiary alicyclic amines) is 1. The predicted octanol–water partition coefficient (Wildman–Crippen LogP) is 5.52. The van der Waals surface area contributed by atoms with E-state index in [1.54, 1.807) is 20.2 Å². The number of para-hydroxylation sites is 1. The van der Waals surface area contributed by atoms with Gasteiger partial charge in [0, 0.05) is 32.7 Å². The molecule has 38 heavy (non-hydrogen) atoms. The van der Waals surface area contributed by atoms with E-state index in [4.69, 9.17) is 14.0 Å². The second-order valence-corrected chi connectivity index (χ2v) is 10.8. The van der Waals surface area contributed by atoms with Crippen LogP contribution in [0.2, 0.25) is 0 Å². The molecular weight excluding hydrogens is 478 g/mol. The van der Waals surface area contributed by atoms with Crippen molar-refractivity contribution in [1.82, 2.24) is 15.0 Å². The number of hydrogen-bond donors (Lipinski definition) is 0. The lowest BCUT2D eigenvalue weighted by Crippen LogP contribution is -2.48. The second kappa shape index (κ2) is 12.0. The Labute approximate surface area is 225 Å². The van der Waals surface area contributed by atoms with Crippen LogP contribution in [0.3, 0.4) is 0 Å². The molecule has 2 aromatic carbocycles. The van der Waals surface area contributed by atoms with Crippen LogP contribution < -0.4 is 9.47 Å². The number of piperidine rings is 1. The van der Waals surface area contributed by atoms with Crippen LogP contribution in [0.15, 0.2) is 59.3 Å². The van der Waals surface area contributed by atoms with Gasteiger partial charge in [0.1, 0.15) is 29.4 Å². The second-order valence-electron chi connectivity index (χ2n) is 10.8. The summed E-state index contributed by atoms with van der Waals surface area (Å²) in [6, 6.07) is 16.8. The van der Waals surface area contributed by atoms with Gasteiger partial charge in [-0.15, -0.1) is 0 Å². The smallest absolute Gasteiger partial charge is 0.259 e. The highest BCUT2D eigenvalue weighted by molar-refractivity contribution is 5.94. The topological polar surface area (TPSA) is 68.0 Å². The number of aromatic nitrogens is 1. The fourth-order valence-electron chi connectivity index (χ4n) is 5.97. The normalized spacial score (nSPS) is 18.6. The number of hydrogen-bond acceptors (Lipinski definition) is 6. The number of ether oxygens (including phenoxy) is 2. The third kappa shape index (κ3) is 6.21. The highest BCUT2D eigenvalue weighted by atomic mass is 16.5. The molecule has 202 valence electrons. The Morgan fingerprint density at radius 1 is 1.03 bits per heavy atom. The van der Waals surface area contributed by atoms with Crippen molar-refractivity contribution in [2.24, 2.45) is 5.41 Å². The van der Waals surface area contributed by atoms with Crippen molar-refractivity contribution in [3.63, 3.8) is 0 Å². The van der Waals surface area contributed by atoms with E-state index in [0.717, 1.165) is 69.9 Å². The van der Waals surface area contributed by atoms with Crippen molar-refractivity contribution in [3.8, 4) is 11.5 Å². The lowest BCUT2D eigenvalue weighted by molar-refractivity contribution is 0.0360. The van der Waals surface area contributed by atoms with Gasteiger partial charge in [0.2, 0.25) is 0 Å². The van der Waals surface area contributed by atoms with Crippen LogP contribution in [0.4, 0.5) is 0 Å². The number of methoxy groups -OCH3 is 1. The monoisotopic (exact) mass is 517 g/mol. The number of benzene rings is 2. The highest BCUT2D eigenvalue weighted by Gasteiger charge is 2.38. The fraction of sp³-hybridized carbons (Fsp3) is 0.484. The van der Waals surface area contributed by atoms with Crippen molar-refractivity contribution < 1.29 is 18.8 Å². The van der Waals surface area contributed by atoms with E-state index in [9.17, 15) is 4.79 Å². The van der Waals surface area contributed by atoms with E-state index in [2.05, 4.69) is 46.5 Å². The van der Waals surface area contributed by atoms with Gasteiger partial charge in [-0.25, -0.2) is 0 Å². The maximum atomic E-state index is 13.1. The summed E-state index contributed by atoms with van der Waals surface area (Å²) in [5, 5.41) is 3.81. The Balaban J connectivity index is 1.33. The maximum Gasteiger partial charge on any atom is 0.259 e. The van der Waals surface area contributed by atoms with E-state index in [-0.39, 0.29) is 11.3 Å². The number of rotatable bonds is 4. The van der Waals surface area contributed by atoms with Crippen LogP contribution in [0.5, 0.6) is 11.5 Å². The molecule has 7 heteroatoms. The average molecular weight is 518 g/mol. The maximum absolute atomic E-state index is 13.1. The molecule has 2 aliphatic rings. The van der Waals surface area contributed by atoms with E-state index < -0.39 is 0 Å². The van der Waals surface area contributed by atoms with Crippen molar-refractivity contribution in [1.29, 1.82) is 0 Å². The molecule has 1 aromatic heterocycles. The molecule has 0 atom stereocenters. The van der Waals surface area contributed by atoms with Crippen LogP contribution in [0.1, 0.15) is 59.3 Å². The van der Waals surface area contributed by atoms with Gasteiger partial charge in [0.25, 0.3) is 5.91 Å². The number of aryl methyl sites for hydroxylation is 2. The molecule has 5 rings (SSSR count). The van der Waals surface area contributed by atoms with Crippen molar-refractivity contribution in [3.05, 3.63) is 77.2 Å². The summed E-state index contributed by atoms with van der Waals surface area (Å²) >= 11 is 0. The first-order valence-electron chi connectivity index (χ1n) is 13.8. The minimum absolute atomic E-state index is 0.0341. The lowest BCUT2D eigenvalue weighted by Gasteiger charge is -2.45. The van der Waals surface area contributed by atoms with Gasteiger partial charge in [-0.1, -0.05) is 41.9 Å². The van der Waals surface area contributed by atoms with Gasteiger partial charge in [-0.2, -0.15) is 0 Å². The zero-order valence-corrected chi connectivity index (χ0v) is 22.7. The van der Waals surface area contributed by atoms with Crippen LogP contribution in [-0.2, 0) is 13.0 Å². The number of nitrogens with zero attached hydrogens (tertiary/aromatic N) is 3. The number of carbonyl (C=O) groups excluding carboxylic acids is 1. The molecule has 3 aromatic rings. The summed E-state index contributed by atoms with van der Waals surface area (Å²) in [5.41, 5.74) is 3.32. The molecule has 1 amide bonds. The predicted molar refractivity (Wildman–Crippen MR) is 147 cm³/mol. The summed E-state index contributed by atoms with van der Waals surface area (Å²) in [7, 11) is 1.70. The zero-order chi connectivity index (χ0) is 26.4. The molecule has 2 aliphatic heterocycles. The molecule has 0 bridgehead atoms. The molecule has 0 radical (unpaired) electrons. The molecule has 1 saturated heterocycles. The van der Waals surface area contributed by atoms with Gasteiger partial charge in [0.15, 0.2) is 0 Å². The molecule has 0 aliphatic carbocycles. The minimum atomic E-state index is 0.0341.